The maximum atomic E-state index is 11.0. The average Bonchev–Trinajstić information content (AvgIpc) is 2.63. The molecule has 1 saturated heterocycles. The molecule has 1 aromatic rings. The van der Waals surface area contributed by atoms with Crippen LogP contribution in [0.3, 0.4) is 0 Å². The molecule has 2 atom stereocenters. The summed E-state index contributed by atoms with van der Waals surface area (Å²) in [5.41, 5.74) is 1.93. The zero-order valence-electron chi connectivity index (χ0n) is 10.2. The Balaban J connectivity index is 1.98. The molecule has 0 bridgehead atoms. The van der Waals surface area contributed by atoms with Gasteiger partial charge in [-0.15, -0.1) is 0 Å². The number of nitrogens with one attached hydrogen (secondary N) is 2. The van der Waals surface area contributed by atoms with Gasteiger partial charge >= 0.3 is 0 Å². The summed E-state index contributed by atoms with van der Waals surface area (Å²) in [6, 6.07) is 8.42. The first-order valence-electron chi connectivity index (χ1n) is 5.89. The van der Waals surface area contributed by atoms with Gasteiger partial charge in [0.1, 0.15) is 0 Å². The lowest BCUT2D eigenvalue weighted by Gasteiger charge is -2.14. The van der Waals surface area contributed by atoms with Crippen molar-refractivity contribution in [3.8, 4) is 0 Å². The average molecular weight is 250 g/mol. The van der Waals surface area contributed by atoms with Gasteiger partial charge in [0.15, 0.2) is 0 Å². The highest BCUT2D eigenvalue weighted by atomic mass is 32.2. The van der Waals surface area contributed by atoms with Crippen LogP contribution >= 0.6 is 11.8 Å². The molecule has 0 aromatic heterocycles. The van der Waals surface area contributed by atoms with Gasteiger partial charge in [0.2, 0.25) is 5.91 Å². The molecule has 1 fully saturated rings. The van der Waals surface area contributed by atoms with Crippen LogP contribution in [0.4, 0.5) is 11.4 Å². The van der Waals surface area contributed by atoms with E-state index in [1.165, 1.54) is 13.3 Å². The molecule has 92 valence electrons. The predicted octanol–water partition coefficient (Wildman–Crippen LogP) is 2.95. The molecule has 1 aromatic carbocycles. The van der Waals surface area contributed by atoms with E-state index in [4.69, 9.17) is 0 Å². The quantitative estimate of drug-likeness (QED) is 0.866. The van der Waals surface area contributed by atoms with Crippen molar-refractivity contribution < 1.29 is 4.79 Å². The van der Waals surface area contributed by atoms with Gasteiger partial charge in [0.05, 0.1) is 0 Å². The lowest BCUT2D eigenvalue weighted by Crippen LogP contribution is -2.19. The van der Waals surface area contributed by atoms with Crippen molar-refractivity contribution in [1.29, 1.82) is 0 Å². The molecule has 1 aliphatic heterocycles. The van der Waals surface area contributed by atoms with Gasteiger partial charge in [0, 0.05) is 35.3 Å². The molecule has 17 heavy (non-hydrogen) atoms. The van der Waals surface area contributed by atoms with E-state index in [0.717, 1.165) is 22.4 Å². The van der Waals surface area contributed by atoms with Gasteiger partial charge in [-0.05, 0) is 24.6 Å². The summed E-state index contributed by atoms with van der Waals surface area (Å²) in [4.78, 5) is 11.0. The van der Waals surface area contributed by atoms with Crippen LogP contribution in [0.2, 0.25) is 0 Å². The third-order valence-electron chi connectivity index (χ3n) is 2.75. The Morgan fingerprint density at radius 2 is 2.18 bits per heavy atom. The first-order chi connectivity index (χ1) is 8.13. The molecule has 0 aliphatic carbocycles. The van der Waals surface area contributed by atoms with E-state index in [-0.39, 0.29) is 5.91 Å². The number of hydrogen-bond acceptors (Lipinski definition) is 3. The van der Waals surface area contributed by atoms with Crippen molar-refractivity contribution in [2.75, 3.05) is 16.4 Å². The standard InChI is InChI=1S/C13H18N2OS/c1-9-6-13(8-17-9)15-12-5-3-4-11(7-12)14-10(2)16/h3-5,7,9,13,15H,6,8H2,1-2H3,(H,14,16). The summed E-state index contributed by atoms with van der Waals surface area (Å²) < 4.78 is 0. The van der Waals surface area contributed by atoms with E-state index < -0.39 is 0 Å². The van der Waals surface area contributed by atoms with Crippen LogP contribution in [0, 0.1) is 0 Å². The van der Waals surface area contributed by atoms with Crippen molar-refractivity contribution in [2.45, 2.75) is 31.6 Å². The maximum Gasteiger partial charge on any atom is 0.221 e. The Morgan fingerprint density at radius 3 is 2.82 bits per heavy atom. The highest BCUT2D eigenvalue weighted by Crippen LogP contribution is 2.28. The Morgan fingerprint density at radius 1 is 1.41 bits per heavy atom. The Kier molecular flexibility index (Phi) is 3.94. The molecular formula is C13H18N2OS. The molecule has 1 aliphatic rings. The van der Waals surface area contributed by atoms with E-state index in [2.05, 4.69) is 17.6 Å². The Labute approximate surface area is 106 Å². The fourth-order valence-corrected chi connectivity index (χ4v) is 3.19. The molecule has 0 radical (unpaired) electrons. The lowest BCUT2D eigenvalue weighted by atomic mass is 10.2. The van der Waals surface area contributed by atoms with E-state index in [1.807, 2.05) is 36.0 Å². The Bertz CT molecular complexity index is 408. The van der Waals surface area contributed by atoms with Crippen LogP contribution in [-0.2, 0) is 4.79 Å². The fraction of sp³-hybridized carbons (Fsp3) is 0.462. The predicted molar refractivity (Wildman–Crippen MR) is 74.7 cm³/mol. The normalized spacial score (nSPS) is 23.4. The van der Waals surface area contributed by atoms with Crippen LogP contribution in [-0.4, -0.2) is 23.0 Å². The topological polar surface area (TPSA) is 41.1 Å². The van der Waals surface area contributed by atoms with Crippen molar-refractivity contribution in [2.24, 2.45) is 0 Å². The van der Waals surface area contributed by atoms with Gasteiger partial charge in [-0.2, -0.15) is 11.8 Å². The second-order valence-corrected chi connectivity index (χ2v) is 5.95. The van der Waals surface area contributed by atoms with Crippen LogP contribution in [0.15, 0.2) is 24.3 Å². The minimum absolute atomic E-state index is 0.0350. The Hall–Kier alpha value is -1.16. The minimum atomic E-state index is -0.0350. The van der Waals surface area contributed by atoms with Gasteiger partial charge in [0.25, 0.3) is 0 Å². The summed E-state index contributed by atoms with van der Waals surface area (Å²) in [6.45, 7) is 3.79. The molecule has 1 heterocycles. The first kappa shape index (κ1) is 12.3. The van der Waals surface area contributed by atoms with Crippen LogP contribution in [0.25, 0.3) is 0 Å². The number of amides is 1. The molecule has 2 N–H and O–H groups in total. The number of carbonyl (C=O) groups excluding carboxylic acids is 1. The van der Waals surface area contributed by atoms with Gasteiger partial charge in [-0.3, -0.25) is 4.79 Å². The van der Waals surface area contributed by atoms with Gasteiger partial charge < -0.3 is 10.6 Å². The first-order valence-corrected chi connectivity index (χ1v) is 6.94. The summed E-state index contributed by atoms with van der Waals surface area (Å²) in [5.74, 6) is 1.12. The van der Waals surface area contributed by atoms with Crippen molar-refractivity contribution in [1.82, 2.24) is 0 Å². The molecular weight excluding hydrogens is 232 g/mol. The smallest absolute Gasteiger partial charge is 0.221 e. The van der Waals surface area contributed by atoms with Crippen LogP contribution in [0.1, 0.15) is 20.3 Å². The largest absolute Gasteiger partial charge is 0.381 e. The van der Waals surface area contributed by atoms with E-state index in [9.17, 15) is 4.79 Å². The zero-order valence-corrected chi connectivity index (χ0v) is 11.0. The molecule has 0 saturated carbocycles. The number of anilines is 2. The molecule has 2 rings (SSSR count). The van der Waals surface area contributed by atoms with E-state index >= 15 is 0 Å². The number of rotatable bonds is 3. The zero-order chi connectivity index (χ0) is 12.3. The summed E-state index contributed by atoms with van der Waals surface area (Å²) in [6.07, 6.45) is 1.20. The fourth-order valence-electron chi connectivity index (χ4n) is 2.04. The number of carbonyl (C=O) groups is 1. The van der Waals surface area contributed by atoms with E-state index in [0.29, 0.717) is 6.04 Å². The number of benzene rings is 1. The van der Waals surface area contributed by atoms with Crippen molar-refractivity contribution in [3.63, 3.8) is 0 Å². The maximum absolute atomic E-state index is 11.0. The van der Waals surface area contributed by atoms with Crippen molar-refractivity contribution >= 4 is 29.0 Å². The monoisotopic (exact) mass is 250 g/mol. The molecule has 1 amide bonds. The summed E-state index contributed by atoms with van der Waals surface area (Å²) >= 11 is 2.01. The van der Waals surface area contributed by atoms with Gasteiger partial charge in [-0.1, -0.05) is 13.0 Å². The summed E-state index contributed by atoms with van der Waals surface area (Å²) in [7, 11) is 0. The SMILES string of the molecule is CC(=O)Nc1cccc(NC2CSC(C)C2)c1. The van der Waals surface area contributed by atoms with Gasteiger partial charge in [-0.25, -0.2) is 0 Å². The molecule has 2 unspecified atom stereocenters. The van der Waals surface area contributed by atoms with E-state index in [1.54, 1.807) is 0 Å². The number of thioether (sulfide) groups is 1. The second kappa shape index (κ2) is 5.45. The van der Waals surface area contributed by atoms with Crippen LogP contribution in [0.5, 0.6) is 0 Å². The third-order valence-corrected chi connectivity index (χ3v) is 4.11. The molecule has 0 spiro atoms. The lowest BCUT2D eigenvalue weighted by molar-refractivity contribution is -0.114. The third kappa shape index (κ3) is 3.66. The summed E-state index contributed by atoms with van der Waals surface area (Å²) in [5, 5.41) is 7.05. The van der Waals surface area contributed by atoms with Crippen molar-refractivity contribution in [3.05, 3.63) is 24.3 Å². The highest BCUT2D eigenvalue weighted by molar-refractivity contribution is 8.00. The minimum Gasteiger partial charge on any atom is -0.381 e. The second-order valence-electron chi connectivity index (χ2n) is 4.48. The molecule has 3 nitrogen and oxygen atoms in total. The van der Waals surface area contributed by atoms with Crippen LogP contribution < -0.4 is 10.6 Å². The highest BCUT2D eigenvalue weighted by Gasteiger charge is 2.21. The molecule has 4 heteroatoms. The number of hydrogen-bond donors (Lipinski definition) is 2.